The highest BCUT2D eigenvalue weighted by molar-refractivity contribution is 6.25. The van der Waals surface area contributed by atoms with Gasteiger partial charge in [-0.3, -0.25) is 24.1 Å². The number of anilines is 1. The third kappa shape index (κ3) is 5.26. The molecule has 248 valence electrons. The molecule has 3 aromatic rings. The Hall–Kier alpha value is -5.70. The van der Waals surface area contributed by atoms with Crippen LogP contribution in [0.4, 0.5) is 5.69 Å². The maximum atomic E-state index is 14.3. The zero-order valence-electron chi connectivity index (χ0n) is 27.6. The molecule has 0 radical (unpaired) electrons. The van der Waals surface area contributed by atoms with E-state index in [-0.39, 0.29) is 35.6 Å². The van der Waals surface area contributed by atoms with Gasteiger partial charge in [-0.05, 0) is 73.7 Å². The molecule has 4 aliphatic rings. The summed E-state index contributed by atoms with van der Waals surface area (Å²) in [5.74, 6) is -2.00. The van der Waals surface area contributed by atoms with Crippen molar-refractivity contribution in [2.75, 3.05) is 26.2 Å². The van der Waals surface area contributed by atoms with Gasteiger partial charge in [-0.1, -0.05) is 42.0 Å². The van der Waals surface area contributed by atoms with Crippen molar-refractivity contribution in [3.63, 3.8) is 0 Å². The molecule has 0 spiro atoms. The predicted molar refractivity (Wildman–Crippen MR) is 183 cm³/mol. The van der Waals surface area contributed by atoms with Crippen LogP contribution < -0.4 is 19.1 Å². The number of amides is 2. The van der Waals surface area contributed by atoms with Gasteiger partial charge in [-0.15, -0.1) is 0 Å². The van der Waals surface area contributed by atoms with E-state index >= 15 is 0 Å². The lowest BCUT2D eigenvalue weighted by Crippen LogP contribution is -2.39. The second kappa shape index (κ2) is 12.4. The number of carbonyl (C=O) groups excluding carboxylic acids is 4. The molecule has 0 aromatic heterocycles. The number of imide groups is 1. The lowest BCUT2D eigenvalue weighted by atomic mass is 9.59. The molecule has 4 unspecified atom stereocenters. The van der Waals surface area contributed by atoms with Crippen LogP contribution in [0.25, 0.3) is 12.2 Å². The number of benzene rings is 3. The standard InChI is InChI=1S/C40H35NO8/c1-21-17-33(43)37-31(38(21)44)20-30-27(35(37)28-13-11-26(48-3)19-32(28)42)14-15-29-36(30)40(46)41(39(29)45)24-9-6-22(7-10-24)5-8-23-18-25(47-2)12-16-34(23)49-4/h5-14,16-19,29-30,35-36,42H,15,20H2,1-4H3. The van der Waals surface area contributed by atoms with E-state index in [1.807, 2.05) is 48.6 Å². The van der Waals surface area contributed by atoms with E-state index in [1.165, 1.54) is 24.2 Å². The number of carbonyl (C=O) groups is 4. The maximum absolute atomic E-state index is 14.3. The number of allylic oxidation sites excluding steroid dienone is 6. The number of Topliss-reactive ketones (excluding diaryl/α,β-unsaturated/α-hetero) is 1. The van der Waals surface area contributed by atoms with Crippen LogP contribution in [0.1, 0.15) is 42.4 Å². The Morgan fingerprint density at radius 1 is 0.816 bits per heavy atom. The third-order valence-electron chi connectivity index (χ3n) is 10.2. The summed E-state index contributed by atoms with van der Waals surface area (Å²) in [6.45, 7) is 1.61. The monoisotopic (exact) mass is 657 g/mol. The zero-order valence-corrected chi connectivity index (χ0v) is 27.6. The number of phenols is 1. The van der Waals surface area contributed by atoms with E-state index in [2.05, 4.69) is 0 Å². The average molecular weight is 658 g/mol. The van der Waals surface area contributed by atoms with E-state index in [1.54, 1.807) is 45.4 Å². The molecule has 9 heteroatoms. The minimum absolute atomic E-state index is 0.0826. The number of hydrogen-bond donors (Lipinski definition) is 1. The summed E-state index contributed by atoms with van der Waals surface area (Å²) < 4.78 is 16.1. The fourth-order valence-electron chi connectivity index (χ4n) is 7.78. The molecule has 1 saturated heterocycles. The summed E-state index contributed by atoms with van der Waals surface area (Å²) in [7, 11) is 4.69. The second-order valence-corrected chi connectivity index (χ2v) is 12.7. The van der Waals surface area contributed by atoms with E-state index in [9.17, 15) is 24.3 Å². The molecule has 3 aromatic carbocycles. The molecule has 7 rings (SSSR count). The number of ketones is 2. The molecular weight excluding hydrogens is 622 g/mol. The third-order valence-corrected chi connectivity index (χ3v) is 10.2. The first kappa shape index (κ1) is 31.9. The molecular formula is C40H35NO8. The summed E-state index contributed by atoms with van der Waals surface area (Å²) in [5.41, 5.74) is 4.36. The molecule has 1 heterocycles. The van der Waals surface area contributed by atoms with Crippen LogP contribution >= 0.6 is 0 Å². The quantitative estimate of drug-likeness (QED) is 0.138. The first-order valence-corrected chi connectivity index (χ1v) is 16.1. The number of rotatable bonds is 7. The zero-order chi connectivity index (χ0) is 34.6. The summed E-state index contributed by atoms with van der Waals surface area (Å²) in [6.07, 6.45) is 7.55. The lowest BCUT2D eigenvalue weighted by Gasteiger charge is -2.42. The normalized spacial score (nSPS) is 23.2. The molecule has 9 nitrogen and oxygen atoms in total. The van der Waals surface area contributed by atoms with Gasteiger partial charge in [-0.2, -0.15) is 0 Å². The first-order valence-electron chi connectivity index (χ1n) is 16.1. The summed E-state index contributed by atoms with van der Waals surface area (Å²) >= 11 is 0. The van der Waals surface area contributed by atoms with Gasteiger partial charge in [0.15, 0.2) is 11.6 Å². The minimum atomic E-state index is -0.743. The number of nitrogens with zero attached hydrogens (tertiary/aromatic N) is 1. The van der Waals surface area contributed by atoms with E-state index in [4.69, 9.17) is 14.2 Å². The van der Waals surface area contributed by atoms with E-state index < -0.39 is 23.7 Å². The first-order chi connectivity index (χ1) is 23.6. The average Bonchev–Trinajstić information content (AvgIpc) is 3.37. The Labute approximate surface area is 283 Å². The smallest absolute Gasteiger partial charge is 0.238 e. The number of ether oxygens (including phenoxy) is 3. The summed E-state index contributed by atoms with van der Waals surface area (Å²) in [4.78, 5) is 56.5. The van der Waals surface area contributed by atoms with Crippen LogP contribution in [0.3, 0.4) is 0 Å². The van der Waals surface area contributed by atoms with Gasteiger partial charge < -0.3 is 19.3 Å². The molecule has 49 heavy (non-hydrogen) atoms. The molecule has 1 aliphatic heterocycles. The minimum Gasteiger partial charge on any atom is -0.507 e. The van der Waals surface area contributed by atoms with Crippen LogP contribution in [-0.4, -0.2) is 49.8 Å². The predicted octanol–water partition coefficient (Wildman–Crippen LogP) is 6.22. The number of methoxy groups -OCH3 is 3. The maximum Gasteiger partial charge on any atom is 0.238 e. The highest BCUT2D eigenvalue weighted by atomic mass is 16.5. The molecule has 2 amide bonds. The van der Waals surface area contributed by atoms with Crippen LogP contribution in [0.5, 0.6) is 23.0 Å². The fraction of sp³-hybridized carbons (Fsp3) is 0.250. The van der Waals surface area contributed by atoms with Crippen LogP contribution in [0.15, 0.2) is 95.1 Å². The number of phenolic OH excluding ortho intramolecular Hbond substituents is 1. The van der Waals surface area contributed by atoms with Crippen molar-refractivity contribution in [2.45, 2.75) is 25.7 Å². The van der Waals surface area contributed by atoms with Crippen molar-refractivity contribution in [3.8, 4) is 23.0 Å². The van der Waals surface area contributed by atoms with Gasteiger partial charge in [0.2, 0.25) is 11.8 Å². The number of hydrogen-bond acceptors (Lipinski definition) is 8. The Bertz CT molecular complexity index is 2050. The van der Waals surface area contributed by atoms with Crippen molar-refractivity contribution in [1.82, 2.24) is 0 Å². The number of aromatic hydroxyl groups is 1. The molecule has 1 fully saturated rings. The van der Waals surface area contributed by atoms with Gasteiger partial charge in [0, 0.05) is 39.8 Å². The van der Waals surface area contributed by atoms with E-state index in [0.717, 1.165) is 16.7 Å². The van der Waals surface area contributed by atoms with E-state index in [0.29, 0.717) is 51.6 Å². The van der Waals surface area contributed by atoms with Gasteiger partial charge in [0.1, 0.15) is 23.0 Å². The number of fused-ring (bicyclic) bond motifs is 3. The van der Waals surface area contributed by atoms with Crippen molar-refractivity contribution in [3.05, 3.63) is 112 Å². The van der Waals surface area contributed by atoms with Crippen molar-refractivity contribution in [1.29, 1.82) is 0 Å². The van der Waals surface area contributed by atoms with Gasteiger partial charge in [0.05, 0.1) is 38.9 Å². The second-order valence-electron chi connectivity index (χ2n) is 12.7. The van der Waals surface area contributed by atoms with Crippen molar-refractivity contribution < 1.29 is 38.5 Å². The summed E-state index contributed by atoms with van der Waals surface area (Å²) in [6, 6.07) is 17.6. The van der Waals surface area contributed by atoms with Crippen LogP contribution in [0, 0.1) is 17.8 Å². The van der Waals surface area contributed by atoms with Gasteiger partial charge in [0.25, 0.3) is 0 Å². The Morgan fingerprint density at radius 3 is 2.22 bits per heavy atom. The Morgan fingerprint density at radius 2 is 1.53 bits per heavy atom. The Balaban J connectivity index is 1.21. The molecule has 0 bridgehead atoms. The lowest BCUT2D eigenvalue weighted by molar-refractivity contribution is -0.123. The van der Waals surface area contributed by atoms with Crippen molar-refractivity contribution >= 4 is 41.2 Å². The largest absolute Gasteiger partial charge is 0.507 e. The highest BCUT2D eigenvalue weighted by Gasteiger charge is 2.56. The van der Waals surface area contributed by atoms with Crippen LogP contribution in [-0.2, 0) is 19.2 Å². The van der Waals surface area contributed by atoms with Crippen LogP contribution in [0.2, 0.25) is 0 Å². The van der Waals surface area contributed by atoms with Gasteiger partial charge >= 0.3 is 0 Å². The Kier molecular flexibility index (Phi) is 8.06. The van der Waals surface area contributed by atoms with Gasteiger partial charge in [-0.25, -0.2) is 0 Å². The summed E-state index contributed by atoms with van der Waals surface area (Å²) in [5, 5.41) is 11.1. The fourth-order valence-corrected chi connectivity index (χ4v) is 7.78. The SMILES string of the molecule is COc1ccc(C2C3=CCC4C(=O)N(c5ccc(C=Cc6cc(OC)ccc6OC)cc5)C(=O)C4C3CC3=C2C(=O)C=C(C)C3=O)c(O)c1. The molecule has 3 aliphatic carbocycles. The van der Waals surface area contributed by atoms with Crippen molar-refractivity contribution in [2.24, 2.45) is 17.8 Å². The molecule has 0 saturated carbocycles. The highest BCUT2D eigenvalue weighted by Crippen LogP contribution is 2.56. The molecule has 1 N–H and O–H groups in total. The molecule has 4 atom stereocenters. The topological polar surface area (TPSA) is 119 Å².